The van der Waals surface area contributed by atoms with Crippen LogP contribution in [0.3, 0.4) is 0 Å². The van der Waals surface area contributed by atoms with E-state index >= 15 is 0 Å². The number of anilines is 1. The standard InChI is InChI=1S/C23H28N2O4/c1-15(2)18-9-11-19(12-10-18)23(28)29-14-21(27)25(5)13-20(26)24-22-16(3)7-6-8-17(22)4/h6-12,15H,13-14H2,1-5H3,(H,24,26). The number of aryl methyl sites for hydroxylation is 2. The van der Waals surface area contributed by atoms with Gasteiger partial charge in [-0.3, -0.25) is 9.59 Å². The van der Waals surface area contributed by atoms with E-state index in [1.54, 1.807) is 12.1 Å². The summed E-state index contributed by atoms with van der Waals surface area (Å²) in [6.45, 7) is 7.40. The van der Waals surface area contributed by atoms with Gasteiger partial charge in [0.25, 0.3) is 5.91 Å². The Bertz CT molecular complexity index is 868. The number of esters is 1. The van der Waals surface area contributed by atoms with E-state index in [0.717, 1.165) is 22.4 Å². The Morgan fingerprint density at radius 2 is 1.59 bits per heavy atom. The summed E-state index contributed by atoms with van der Waals surface area (Å²) in [5.74, 6) is -0.963. The van der Waals surface area contributed by atoms with Crippen molar-refractivity contribution in [1.29, 1.82) is 0 Å². The molecule has 2 aromatic rings. The van der Waals surface area contributed by atoms with Crippen molar-refractivity contribution in [3.8, 4) is 0 Å². The molecule has 2 rings (SSSR count). The average molecular weight is 396 g/mol. The molecule has 0 spiro atoms. The molecule has 29 heavy (non-hydrogen) atoms. The smallest absolute Gasteiger partial charge is 0.338 e. The van der Waals surface area contributed by atoms with Crippen LogP contribution in [0.5, 0.6) is 0 Å². The van der Waals surface area contributed by atoms with Crippen molar-refractivity contribution in [2.75, 3.05) is 25.5 Å². The number of para-hydroxylation sites is 1. The van der Waals surface area contributed by atoms with E-state index in [-0.39, 0.29) is 12.5 Å². The molecule has 0 bridgehead atoms. The van der Waals surface area contributed by atoms with Crippen LogP contribution in [0, 0.1) is 13.8 Å². The number of hydrogen-bond acceptors (Lipinski definition) is 4. The maximum Gasteiger partial charge on any atom is 0.338 e. The van der Waals surface area contributed by atoms with Gasteiger partial charge >= 0.3 is 5.97 Å². The summed E-state index contributed by atoms with van der Waals surface area (Å²) in [7, 11) is 1.50. The highest BCUT2D eigenvalue weighted by Gasteiger charge is 2.17. The van der Waals surface area contributed by atoms with Crippen molar-refractivity contribution in [3.63, 3.8) is 0 Å². The Morgan fingerprint density at radius 3 is 2.14 bits per heavy atom. The summed E-state index contributed by atoms with van der Waals surface area (Å²) in [5, 5.41) is 2.83. The molecule has 6 heteroatoms. The Kier molecular flexibility index (Phi) is 7.53. The molecule has 2 amide bonds. The lowest BCUT2D eigenvalue weighted by Crippen LogP contribution is -2.37. The predicted molar refractivity (Wildman–Crippen MR) is 113 cm³/mol. The maximum atomic E-state index is 12.3. The van der Waals surface area contributed by atoms with Crippen LogP contribution in [0.4, 0.5) is 5.69 Å². The molecule has 0 saturated carbocycles. The zero-order valence-electron chi connectivity index (χ0n) is 17.6. The highest BCUT2D eigenvalue weighted by atomic mass is 16.5. The van der Waals surface area contributed by atoms with E-state index in [0.29, 0.717) is 11.5 Å². The number of amides is 2. The van der Waals surface area contributed by atoms with Gasteiger partial charge in [-0.05, 0) is 48.6 Å². The van der Waals surface area contributed by atoms with Crippen LogP contribution in [0.15, 0.2) is 42.5 Å². The van der Waals surface area contributed by atoms with Crippen molar-refractivity contribution in [2.24, 2.45) is 0 Å². The number of hydrogen-bond donors (Lipinski definition) is 1. The third kappa shape index (κ3) is 6.17. The number of rotatable bonds is 7. The lowest BCUT2D eigenvalue weighted by molar-refractivity contribution is -0.136. The van der Waals surface area contributed by atoms with Crippen molar-refractivity contribution in [1.82, 2.24) is 4.90 Å². The van der Waals surface area contributed by atoms with Crippen LogP contribution in [-0.2, 0) is 14.3 Å². The third-order valence-electron chi connectivity index (χ3n) is 4.69. The van der Waals surface area contributed by atoms with E-state index in [2.05, 4.69) is 19.2 Å². The summed E-state index contributed by atoms with van der Waals surface area (Å²) in [4.78, 5) is 37.8. The number of likely N-dealkylation sites (N-methyl/N-ethyl adjacent to an activating group) is 1. The van der Waals surface area contributed by atoms with Gasteiger partial charge in [-0.2, -0.15) is 0 Å². The van der Waals surface area contributed by atoms with Gasteiger partial charge in [0.1, 0.15) is 0 Å². The summed E-state index contributed by atoms with van der Waals surface area (Å²) in [5.41, 5.74) is 4.15. The minimum absolute atomic E-state index is 0.132. The fourth-order valence-corrected chi connectivity index (χ4v) is 2.82. The molecule has 0 saturated heterocycles. The molecule has 6 nitrogen and oxygen atoms in total. The van der Waals surface area contributed by atoms with E-state index in [4.69, 9.17) is 4.74 Å². The van der Waals surface area contributed by atoms with Gasteiger partial charge < -0.3 is 15.0 Å². The molecule has 0 aliphatic rings. The van der Waals surface area contributed by atoms with Crippen LogP contribution in [0.25, 0.3) is 0 Å². The first-order chi connectivity index (χ1) is 13.7. The molecule has 0 unspecified atom stereocenters. The molecule has 1 N–H and O–H groups in total. The van der Waals surface area contributed by atoms with E-state index in [1.165, 1.54) is 11.9 Å². The first-order valence-corrected chi connectivity index (χ1v) is 9.56. The Morgan fingerprint density at radius 1 is 1.00 bits per heavy atom. The molecule has 2 aromatic carbocycles. The predicted octanol–water partition coefficient (Wildman–Crippen LogP) is 3.68. The van der Waals surface area contributed by atoms with Gasteiger partial charge in [-0.15, -0.1) is 0 Å². The van der Waals surface area contributed by atoms with Crippen LogP contribution >= 0.6 is 0 Å². The monoisotopic (exact) mass is 396 g/mol. The highest BCUT2D eigenvalue weighted by Crippen LogP contribution is 2.19. The maximum absolute atomic E-state index is 12.3. The number of nitrogens with zero attached hydrogens (tertiary/aromatic N) is 1. The van der Waals surface area contributed by atoms with Crippen LogP contribution in [0.2, 0.25) is 0 Å². The number of carbonyl (C=O) groups excluding carboxylic acids is 3. The normalized spacial score (nSPS) is 10.6. The van der Waals surface area contributed by atoms with Gasteiger partial charge in [-0.25, -0.2) is 4.79 Å². The van der Waals surface area contributed by atoms with Crippen LogP contribution in [-0.4, -0.2) is 42.9 Å². The molecular weight excluding hydrogens is 368 g/mol. The minimum atomic E-state index is -0.568. The number of carbonyl (C=O) groups is 3. The third-order valence-corrected chi connectivity index (χ3v) is 4.69. The highest BCUT2D eigenvalue weighted by molar-refractivity contribution is 5.96. The van der Waals surface area contributed by atoms with Gasteiger partial charge in [0, 0.05) is 12.7 Å². The van der Waals surface area contributed by atoms with Gasteiger partial charge in [-0.1, -0.05) is 44.2 Å². The fraction of sp³-hybridized carbons (Fsp3) is 0.348. The summed E-state index contributed by atoms with van der Waals surface area (Å²) >= 11 is 0. The molecular formula is C23H28N2O4. The van der Waals surface area contributed by atoms with Crippen molar-refractivity contribution < 1.29 is 19.1 Å². The molecule has 0 radical (unpaired) electrons. The number of benzene rings is 2. The molecule has 0 heterocycles. The Labute approximate surface area is 171 Å². The van der Waals surface area contributed by atoms with Gasteiger partial charge in [0.05, 0.1) is 12.1 Å². The van der Waals surface area contributed by atoms with Crippen LogP contribution < -0.4 is 5.32 Å². The Balaban J connectivity index is 1.85. The molecule has 0 fully saturated rings. The SMILES string of the molecule is Cc1cccc(C)c1NC(=O)CN(C)C(=O)COC(=O)c1ccc(C(C)C)cc1. The fourth-order valence-electron chi connectivity index (χ4n) is 2.82. The second kappa shape index (κ2) is 9.87. The second-order valence-electron chi connectivity index (χ2n) is 7.42. The van der Waals surface area contributed by atoms with Crippen molar-refractivity contribution in [3.05, 3.63) is 64.7 Å². The van der Waals surface area contributed by atoms with E-state index in [1.807, 2.05) is 44.2 Å². The largest absolute Gasteiger partial charge is 0.452 e. The molecule has 0 atom stereocenters. The summed E-state index contributed by atoms with van der Waals surface area (Å²) in [6, 6.07) is 12.8. The Hall–Kier alpha value is -3.15. The molecule has 0 aliphatic heterocycles. The summed E-state index contributed by atoms with van der Waals surface area (Å²) < 4.78 is 5.09. The van der Waals surface area contributed by atoms with Gasteiger partial charge in [0.15, 0.2) is 6.61 Å². The lowest BCUT2D eigenvalue weighted by Gasteiger charge is -2.18. The van der Waals surface area contributed by atoms with E-state index in [9.17, 15) is 14.4 Å². The van der Waals surface area contributed by atoms with Gasteiger partial charge in [0.2, 0.25) is 5.91 Å². The zero-order chi connectivity index (χ0) is 21.6. The first-order valence-electron chi connectivity index (χ1n) is 9.56. The van der Waals surface area contributed by atoms with Crippen molar-refractivity contribution in [2.45, 2.75) is 33.6 Å². The minimum Gasteiger partial charge on any atom is -0.452 e. The van der Waals surface area contributed by atoms with Crippen LogP contribution in [0.1, 0.15) is 46.8 Å². The molecule has 0 aliphatic carbocycles. The molecule has 0 aromatic heterocycles. The average Bonchev–Trinajstić information content (AvgIpc) is 2.68. The number of nitrogens with one attached hydrogen (secondary N) is 1. The number of ether oxygens (including phenoxy) is 1. The quantitative estimate of drug-likeness (QED) is 0.725. The van der Waals surface area contributed by atoms with E-state index < -0.39 is 18.5 Å². The zero-order valence-corrected chi connectivity index (χ0v) is 17.6. The molecule has 154 valence electrons. The topological polar surface area (TPSA) is 75.7 Å². The van der Waals surface area contributed by atoms with Crippen molar-refractivity contribution >= 4 is 23.5 Å². The summed E-state index contributed by atoms with van der Waals surface area (Å²) in [6.07, 6.45) is 0. The first kappa shape index (κ1) is 22.1. The lowest BCUT2D eigenvalue weighted by atomic mass is 10.0. The second-order valence-corrected chi connectivity index (χ2v) is 7.42.